The van der Waals surface area contributed by atoms with Crippen molar-refractivity contribution in [2.45, 2.75) is 32.5 Å². The lowest BCUT2D eigenvalue weighted by Crippen LogP contribution is -2.41. The fourth-order valence-electron chi connectivity index (χ4n) is 1.95. The summed E-state index contributed by atoms with van der Waals surface area (Å²) in [4.78, 5) is 0. The van der Waals surface area contributed by atoms with Crippen LogP contribution in [0.25, 0.3) is 0 Å². The molecule has 1 aromatic rings. The van der Waals surface area contributed by atoms with Crippen LogP contribution in [-0.2, 0) is 11.2 Å². The third-order valence-electron chi connectivity index (χ3n) is 2.58. The Bertz CT molecular complexity index is 387. The van der Waals surface area contributed by atoms with Gasteiger partial charge in [0.1, 0.15) is 6.61 Å². The lowest BCUT2D eigenvalue weighted by atomic mass is 10.0. The Kier molecular flexibility index (Phi) is 5.78. The van der Waals surface area contributed by atoms with Crippen LogP contribution < -0.4 is 11.3 Å². The van der Waals surface area contributed by atoms with Crippen LogP contribution in [0.15, 0.2) is 18.2 Å². The van der Waals surface area contributed by atoms with E-state index in [0.717, 1.165) is 16.7 Å². The highest BCUT2D eigenvalue weighted by atomic mass is 19.4. The second-order valence-electron chi connectivity index (χ2n) is 4.69. The summed E-state index contributed by atoms with van der Waals surface area (Å²) in [5.41, 5.74) is 5.73. The first-order valence-corrected chi connectivity index (χ1v) is 5.98. The van der Waals surface area contributed by atoms with E-state index in [1.54, 1.807) is 0 Å². The second-order valence-corrected chi connectivity index (χ2v) is 4.69. The summed E-state index contributed by atoms with van der Waals surface area (Å²) in [6.07, 6.45) is -3.78. The number of nitrogens with two attached hydrogens (primary N) is 1. The van der Waals surface area contributed by atoms with Gasteiger partial charge in [0.2, 0.25) is 0 Å². The molecule has 0 aliphatic heterocycles. The molecule has 0 amide bonds. The van der Waals surface area contributed by atoms with Crippen molar-refractivity contribution < 1.29 is 17.9 Å². The van der Waals surface area contributed by atoms with Crippen LogP contribution >= 0.6 is 0 Å². The standard InChI is InChI=1S/C13H19F3N2O/c1-9-3-10(2)5-11(4-9)6-12(18-17)7-19-8-13(14,15)16/h3-5,12,18H,6-8,17H2,1-2H3. The van der Waals surface area contributed by atoms with Gasteiger partial charge in [-0.25, -0.2) is 0 Å². The molecule has 0 heterocycles. The van der Waals surface area contributed by atoms with Crippen molar-refractivity contribution >= 4 is 0 Å². The smallest absolute Gasteiger partial charge is 0.370 e. The molecule has 3 N–H and O–H groups in total. The Morgan fingerprint density at radius 1 is 1.21 bits per heavy atom. The monoisotopic (exact) mass is 276 g/mol. The molecule has 6 heteroatoms. The molecule has 0 aliphatic rings. The summed E-state index contributed by atoms with van der Waals surface area (Å²) < 4.78 is 40.5. The minimum atomic E-state index is -4.31. The zero-order valence-electron chi connectivity index (χ0n) is 11.1. The van der Waals surface area contributed by atoms with Gasteiger partial charge in [-0.05, 0) is 25.8 Å². The molecule has 0 spiro atoms. The van der Waals surface area contributed by atoms with Crippen LogP contribution in [0.1, 0.15) is 16.7 Å². The summed E-state index contributed by atoms with van der Waals surface area (Å²) in [6.45, 7) is 2.62. The molecule has 0 saturated heterocycles. The van der Waals surface area contributed by atoms with Gasteiger partial charge in [-0.3, -0.25) is 11.3 Å². The van der Waals surface area contributed by atoms with E-state index in [2.05, 4.69) is 10.2 Å². The number of hydrogen-bond acceptors (Lipinski definition) is 3. The van der Waals surface area contributed by atoms with E-state index < -0.39 is 12.8 Å². The van der Waals surface area contributed by atoms with Crippen LogP contribution in [0.4, 0.5) is 13.2 Å². The molecular formula is C13H19F3N2O. The summed E-state index contributed by atoms with van der Waals surface area (Å²) >= 11 is 0. The van der Waals surface area contributed by atoms with Crippen LogP contribution in [0, 0.1) is 13.8 Å². The van der Waals surface area contributed by atoms with Gasteiger partial charge in [0, 0.05) is 6.04 Å². The van der Waals surface area contributed by atoms with E-state index in [0.29, 0.717) is 6.42 Å². The van der Waals surface area contributed by atoms with Crippen molar-refractivity contribution in [3.8, 4) is 0 Å². The average molecular weight is 276 g/mol. The molecular weight excluding hydrogens is 257 g/mol. The minimum absolute atomic E-state index is 0.0804. The van der Waals surface area contributed by atoms with Gasteiger partial charge in [-0.15, -0.1) is 0 Å². The van der Waals surface area contributed by atoms with Gasteiger partial charge in [0.05, 0.1) is 6.61 Å². The molecule has 0 aromatic heterocycles. The predicted octanol–water partition coefficient (Wildman–Crippen LogP) is 2.26. The topological polar surface area (TPSA) is 47.3 Å². The van der Waals surface area contributed by atoms with Gasteiger partial charge in [0.25, 0.3) is 0 Å². The Morgan fingerprint density at radius 3 is 2.26 bits per heavy atom. The first kappa shape index (κ1) is 15.9. The molecule has 3 nitrogen and oxygen atoms in total. The number of alkyl halides is 3. The van der Waals surface area contributed by atoms with Crippen molar-refractivity contribution in [2.75, 3.05) is 13.2 Å². The molecule has 1 aromatic carbocycles. The first-order chi connectivity index (χ1) is 8.80. The Labute approximate surface area is 110 Å². The number of hydrazine groups is 1. The molecule has 0 aliphatic carbocycles. The number of benzene rings is 1. The van der Waals surface area contributed by atoms with Crippen LogP contribution in [0.5, 0.6) is 0 Å². The van der Waals surface area contributed by atoms with Crippen molar-refractivity contribution in [1.29, 1.82) is 0 Å². The Morgan fingerprint density at radius 2 is 1.79 bits per heavy atom. The number of ether oxygens (including phenoxy) is 1. The fraction of sp³-hybridized carbons (Fsp3) is 0.538. The van der Waals surface area contributed by atoms with Gasteiger partial charge >= 0.3 is 6.18 Å². The first-order valence-electron chi connectivity index (χ1n) is 5.98. The maximum atomic E-state index is 12.0. The zero-order chi connectivity index (χ0) is 14.5. The summed E-state index contributed by atoms with van der Waals surface area (Å²) in [6, 6.07) is 5.67. The van der Waals surface area contributed by atoms with Gasteiger partial charge < -0.3 is 4.74 Å². The molecule has 19 heavy (non-hydrogen) atoms. The largest absolute Gasteiger partial charge is 0.411 e. The quantitative estimate of drug-likeness (QED) is 0.619. The number of nitrogens with one attached hydrogen (secondary N) is 1. The highest BCUT2D eigenvalue weighted by molar-refractivity contribution is 5.29. The summed E-state index contributed by atoms with van der Waals surface area (Å²) in [5.74, 6) is 5.34. The number of halogens is 3. The molecule has 0 fully saturated rings. The average Bonchev–Trinajstić information content (AvgIpc) is 2.24. The van der Waals surface area contributed by atoms with E-state index >= 15 is 0 Å². The minimum Gasteiger partial charge on any atom is -0.370 e. The fourth-order valence-corrected chi connectivity index (χ4v) is 1.95. The van der Waals surface area contributed by atoms with E-state index in [4.69, 9.17) is 5.84 Å². The van der Waals surface area contributed by atoms with E-state index in [1.807, 2.05) is 32.0 Å². The van der Waals surface area contributed by atoms with E-state index in [-0.39, 0.29) is 12.6 Å². The van der Waals surface area contributed by atoms with Crippen molar-refractivity contribution in [3.05, 3.63) is 34.9 Å². The van der Waals surface area contributed by atoms with Gasteiger partial charge in [-0.1, -0.05) is 29.3 Å². The lowest BCUT2D eigenvalue weighted by Gasteiger charge is -2.17. The molecule has 108 valence electrons. The zero-order valence-corrected chi connectivity index (χ0v) is 11.1. The number of hydrogen-bond donors (Lipinski definition) is 2. The highest BCUT2D eigenvalue weighted by Gasteiger charge is 2.27. The second kappa shape index (κ2) is 6.88. The Balaban J connectivity index is 2.52. The van der Waals surface area contributed by atoms with Gasteiger partial charge in [-0.2, -0.15) is 13.2 Å². The molecule has 0 radical (unpaired) electrons. The highest BCUT2D eigenvalue weighted by Crippen LogP contribution is 2.15. The Hall–Kier alpha value is -1.11. The maximum absolute atomic E-state index is 12.0. The maximum Gasteiger partial charge on any atom is 0.411 e. The third-order valence-corrected chi connectivity index (χ3v) is 2.58. The van der Waals surface area contributed by atoms with E-state index in [9.17, 15) is 13.2 Å². The molecule has 1 rings (SSSR count). The molecule has 0 bridgehead atoms. The van der Waals surface area contributed by atoms with Crippen LogP contribution in [0.2, 0.25) is 0 Å². The van der Waals surface area contributed by atoms with Crippen molar-refractivity contribution in [1.82, 2.24) is 5.43 Å². The third kappa shape index (κ3) is 6.56. The lowest BCUT2D eigenvalue weighted by molar-refractivity contribution is -0.175. The van der Waals surface area contributed by atoms with Crippen molar-refractivity contribution in [3.63, 3.8) is 0 Å². The SMILES string of the molecule is Cc1cc(C)cc(CC(COCC(F)(F)F)NN)c1. The number of aryl methyl sites for hydroxylation is 2. The summed E-state index contributed by atoms with van der Waals surface area (Å²) in [7, 11) is 0. The normalized spacial score (nSPS) is 13.6. The van der Waals surface area contributed by atoms with E-state index in [1.165, 1.54) is 0 Å². The van der Waals surface area contributed by atoms with Crippen LogP contribution in [0.3, 0.4) is 0 Å². The van der Waals surface area contributed by atoms with Crippen molar-refractivity contribution in [2.24, 2.45) is 5.84 Å². The summed E-state index contributed by atoms with van der Waals surface area (Å²) in [5, 5.41) is 0. The van der Waals surface area contributed by atoms with Crippen LogP contribution in [-0.4, -0.2) is 25.4 Å². The van der Waals surface area contributed by atoms with Gasteiger partial charge in [0.15, 0.2) is 0 Å². The molecule has 0 saturated carbocycles. The predicted molar refractivity (Wildman–Crippen MR) is 67.6 cm³/mol. The number of rotatable bonds is 6. The molecule has 1 unspecified atom stereocenters. The molecule has 1 atom stereocenters.